The number of aromatic amines is 1. The maximum Gasteiger partial charge on any atom is 0.277 e. The number of H-pyrrole nitrogens is 1. The van der Waals surface area contributed by atoms with Crippen molar-refractivity contribution >= 4 is 25.2 Å². The van der Waals surface area contributed by atoms with Crippen LogP contribution in [-0.2, 0) is 15.5 Å². The van der Waals surface area contributed by atoms with Crippen LogP contribution >= 0.6 is 10.7 Å². The summed E-state index contributed by atoms with van der Waals surface area (Å²) in [5.74, 6) is 1.61. The molecular formula is C19H23ClN4O4S. The third-order valence-corrected chi connectivity index (χ3v) is 6.11. The Morgan fingerprint density at radius 3 is 2.66 bits per heavy atom. The number of aromatic nitrogens is 4. The van der Waals surface area contributed by atoms with E-state index in [0.29, 0.717) is 47.3 Å². The van der Waals surface area contributed by atoms with Crippen LogP contribution in [0.25, 0.3) is 16.9 Å². The van der Waals surface area contributed by atoms with Crippen molar-refractivity contribution in [2.75, 3.05) is 6.61 Å². The van der Waals surface area contributed by atoms with Crippen LogP contribution < -0.4 is 10.3 Å². The number of ether oxygens (including phenoxy) is 1. The highest BCUT2D eigenvalue weighted by Crippen LogP contribution is 2.31. The van der Waals surface area contributed by atoms with Crippen molar-refractivity contribution in [2.24, 2.45) is 5.92 Å². The molecule has 29 heavy (non-hydrogen) atoms. The van der Waals surface area contributed by atoms with E-state index in [0.717, 1.165) is 6.42 Å². The van der Waals surface area contributed by atoms with Crippen LogP contribution in [0.15, 0.2) is 27.9 Å². The van der Waals surface area contributed by atoms with Gasteiger partial charge in [0, 0.05) is 17.1 Å². The van der Waals surface area contributed by atoms with Crippen LogP contribution in [0.5, 0.6) is 5.75 Å². The monoisotopic (exact) mass is 438 g/mol. The van der Waals surface area contributed by atoms with E-state index in [4.69, 9.17) is 15.4 Å². The number of halogens is 1. The summed E-state index contributed by atoms with van der Waals surface area (Å²) in [7, 11) is 1.54. The molecule has 3 rings (SSSR count). The molecule has 3 aromatic rings. The van der Waals surface area contributed by atoms with Gasteiger partial charge < -0.3 is 9.72 Å². The molecule has 0 aliphatic rings. The van der Waals surface area contributed by atoms with Gasteiger partial charge >= 0.3 is 0 Å². The standard InChI is InChI=1S/C19H23ClN4O4S/c1-5-11(3)9-16-21-12(4)17-19(25)22-18(23-24(16)17)14-10-13(29(20,26)27)7-8-15(14)28-6-2/h7-8,10-11H,5-6,9H2,1-4H3,(H,22,23,25). The number of hydrogen-bond donors (Lipinski definition) is 1. The lowest BCUT2D eigenvalue weighted by molar-refractivity contribution is 0.341. The summed E-state index contributed by atoms with van der Waals surface area (Å²) in [6, 6.07) is 4.19. The van der Waals surface area contributed by atoms with Crippen molar-refractivity contribution in [1.82, 2.24) is 19.6 Å². The first kappa shape index (κ1) is 21.3. The van der Waals surface area contributed by atoms with Crippen molar-refractivity contribution in [2.45, 2.75) is 45.4 Å². The van der Waals surface area contributed by atoms with Crippen molar-refractivity contribution in [3.63, 3.8) is 0 Å². The molecule has 1 unspecified atom stereocenters. The van der Waals surface area contributed by atoms with Crippen LogP contribution in [-0.4, -0.2) is 34.6 Å². The first-order valence-corrected chi connectivity index (χ1v) is 11.7. The molecule has 0 radical (unpaired) electrons. The van der Waals surface area contributed by atoms with Gasteiger partial charge in [0.05, 0.1) is 22.8 Å². The molecule has 1 N–H and O–H groups in total. The van der Waals surface area contributed by atoms with Crippen LogP contribution in [0.2, 0.25) is 0 Å². The van der Waals surface area contributed by atoms with Gasteiger partial charge in [-0.15, -0.1) is 5.10 Å². The zero-order valence-corrected chi connectivity index (χ0v) is 18.3. The van der Waals surface area contributed by atoms with E-state index < -0.39 is 9.05 Å². The van der Waals surface area contributed by atoms with Gasteiger partial charge in [0.1, 0.15) is 11.6 Å². The Morgan fingerprint density at radius 2 is 2.03 bits per heavy atom. The molecule has 2 heterocycles. The third kappa shape index (κ3) is 4.30. The van der Waals surface area contributed by atoms with Crippen LogP contribution in [0.4, 0.5) is 0 Å². The molecule has 0 saturated heterocycles. The second kappa shape index (κ2) is 8.16. The second-order valence-corrected chi connectivity index (χ2v) is 9.49. The minimum atomic E-state index is -3.96. The second-order valence-electron chi connectivity index (χ2n) is 6.92. The summed E-state index contributed by atoms with van der Waals surface area (Å²) in [4.78, 5) is 19.9. The number of imidazole rings is 1. The third-order valence-electron chi connectivity index (χ3n) is 4.76. The molecule has 156 valence electrons. The zero-order valence-electron chi connectivity index (χ0n) is 16.7. The number of rotatable bonds is 7. The molecule has 1 aromatic carbocycles. The molecule has 0 bridgehead atoms. The minimum Gasteiger partial charge on any atom is -0.493 e. The van der Waals surface area contributed by atoms with Crippen molar-refractivity contribution < 1.29 is 13.2 Å². The summed E-state index contributed by atoms with van der Waals surface area (Å²) in [6.45, 7) is 8.12. The van der Waals surface area contributed by atoms with Crippen LogP contribution in [0.3, 0.4) is 0 Å². The molecule has 2 aromatic heterocycles. The zero-order chi connectivity index (χ0) is 21.3. The van der Waals surface area contributed by atoms with E-state index >= 15 is 0 Å². The largest absolute Gasteiger partial charge is 0.493 e. The highest BCUT2D eigenvalue weighted by molar-refractivity contribution is 8.13. The van der Waals surface area contributed by atoms with Crippen molar-refractivity contribution in [3.8, 4) is 17.1 Å². The maximum absolute atomic E-state index is 12.8. The van der Waals surface area contributed by atoms with Crippen molar-refractivity contribution in [3.05, 3.63) is 40.1 Å². The van der Waals surface area contributed by atoms with E-state index in [9.17, 15) is 13.2 Å². The lowest BCUT2D eigenvalue weighted by Crippen LogP contribution is -2.16. The quantitative estimate of drug-likeness (QED) is 0.567. The number of benzene rings is 1. The Balaban J connectivity index is 2.27. The Morgan fingerprint density at radius 1 is 1.31 bits per heavy atom. The van der Waals surface area contributed by atoms with E-state index in [1.807, 2.05) is 0 Å². The van der Waals surface area contributed by atoms with Crippen LogP contribution in [0, 0.1) is 12.8 Å². The van der Waals surface area contributed by atoms with Gasteiger partial charge in [0.25, 0.3) is 14.6 Å². The molecule has 10 heteroatoms. The predicted octanol–water partition coefficient (Wildman–Crippen LogP) is 3.31. The van der Waals surface area contributed by atoms with Gasteiger partial charge in [-0.2, -0.15) is 0 Å². The molecule has 1 atom stereocenters. The minimum absolute atomic E-state index is 0.109. The molecule has 8 nitrogen and oxygen atoms in total. The number of aryl methyl sites for hydroxylation is 1. The number of fused-ring (bicyclic) bond motifs is 1. The number of nitrogens with one attached hydrogen (secondary N) is 1. The average Bonchev–Trinajstić information content (AvgIpc) is 2.97. The Labute approximate surface area is 173 Å². The summed E-state index contributed by atoms with van der Waals surface area (Å²) in [6.07, 6.45) is 1.63. The van der Waals surface area contributed by atoms with Crippen LogP contribution in [0.1, 0.15) is 38.7 Å². The summed E-state index contributed by atoms with van der Waals surface area (Å²) >= 11 is 0. The molecule has 0 saturated carbocycles. The fourth-order valence-corrected chi connectivity index (χ4v) is 3.85. The van der Waals surface area contributed by atoms with Gasteiger partial charge in [0.2, 0.25) is 0 Å². The lowest BCUT2D eigenvalue weighted by Gasteiger charge is -2.12. The lowest BCUT2D eigenvalue weighted by atomic mass is 10.1. The molecule has 0 aliphatic heterocycles. The van der Waals surface area contributed by atoms with Gasteiger partial charge in [-0.05, 0) is 38.0 Å². The van der Waals surface area contributed by atoms with Gasteiger partial charge in [0.15, 0.2) is 11.3 Å². The SMILES string of the molecule is CCOc1ccc(S(=O)(=O)Cl)cc1-c1nn2c(CC(C)CC)nc(C)c2c(=O)[nH]1. The fourth-order valence-electron chi connectivity index (χ4n) is 3.07. The smallest absolute Gasteiger partial charge is 0.277 e. The first-order chi connectivity index (χ1) is 13.7. The van der Waals surface area contributed by atoms with Gasteiger partial charge in [-0.3, -0.25) is 4.79 Å². The average molecular weight is 439 g/mol. The maximum atomic E-state index is 12.8. The molecular weight excluding hydrogens is 416 g/mol. The van der Waals surface area contributed by atoms with Crippen molar-refractivity contribution in [1.29, 1.82) is 0 Å². The summed E-state index contributed by atoms with van der Waals surface area (Å²) in [5.41, 5.74) is 0.919. The Hall–Kier alpha value is -2.39. The Kier molecular flexibility index (Phi) is 6.00. The van der Waals surface area contributed by atoms with E-state index in [-0.39, 0.29) is 16.3 Å². The van der Waals surface area contributed by atoms with E-state index in [1.54, 1.807) is 13.8 Å². The number of nitrogens with zero attached hydrogens (tertiary/aromatic N) is 3. The predicted molar refractivity (Wildman–Crippen MR) is 111 cm³/mol. The summed E-state index contributed by atoms with van der Waals surface area (Å²) in [5, 5.41) is 4.56. The molecule has 0 fully saturated rings. The highest BCUT2D eigenvalue weighted by atomic mass is 35.7. The van der Waals surface area contributed by atoms with E-state index in [2.05, 4.69) is 28.9 Å². The molecule has 0 aliphatic carbocycles. The van der Waals surface area contributed by atoms with Gasteiger partial charge in [-0.1, -0.05) is 20.3 Å². The fraction of sp³-hybridized carbons (Fsp3) is 0.421. The first-order valence-electron chi connectivity index (χ1n) is 9.36. The molecule has 0 amide bonds. The topological polar surface area (TPSA) is 106 Å². The highest BCUT2D eigenvalue weighted by Gasteiger charge is 2.20. The normalized spacial score (nSPS) is 13.0. The van der Waals surface area contributed by atoms with Gasteiger partial charge in [-0.25, -0.2) is 17.9 Å². The molecule has 0 spiro atoms. The number of hydrogen-bond acceptors (Lipinski definition) is 6. The Bertz CT molecular complexity index is 1220. The van der Waals surface area contributed by atoms with E-state index in [1.165, 1.54) is 22.7 Å². The summed E-state index contributed by atoms with van der Waals surface area (Å²) < 4.78 is 30.7.